The Bertz CT molecular complexity index is 263. The summed E-state index contributed by atoms with van der Waals surface area (Å²) in [5, 5.41) is 0. The zero-order valence-electron chi connectivity index (χ0n) is 5.75. The van der Waals surface area contributed by atoms with Gasteiger partial charge in [-0.3, -0.25) is 0 Å². The second kappa shape index (κ2) is 2.99. The number of rotatable bonds is 2. The van der Waals surface area contributed by atoms with Crippen molar-refractivity contribution >= 4 is 28.6 Å². The fourth-order valence-electron chi connectivity index (χ4n) is 0.641. The van der Waals surface area contributed by atoms with E-state index in [-0.39, 0.29) is 5.75 Å². The predicted octanol–water partition coefficient (Wildman–Crippen LogP) is 4.61. The monoisotopic (exact) mass is 232 g/mol. The molecule has 0 aliphatic rings. The van der Waals surface area contributed by atoms with Gasteiger partial charge in [0.2, 0.25) is 0 Å². The summed E-state index contributed by atoms with van der Waals surface area (Å²) in [6, 6.07) is 7.47. The molecule has 0 aliphatic carbocycles. The molecule has 1 aromatic rings. The molecule has 12 heavy (non-hydrogen) atoms. The van der Waals surface area contributed by atoms with Crippen LogP contribution >= 0.6 is 28.6 Å². The third-order valence-electron chi connectivity index (χ3n) is 0.987. The first kappa shape index (κ1) is 9.97. The van der Waals surface area contributed by atoms with Crippen molar-refractivity contribution in [2.45, 2.75) is 0 Å². The molecule has 1 aromatic carbocycles. The maximum atomic E-state index is 12.5. The van der Waals surface area contributed by atoms with Gasteiger partial charge in [-0.15, -0.1) is 0 Å². The molecule has 0 aliphatic heterocycles. The molecular formula is C6H5Cl2F2OP. The van der Waals surface area contributed by atoms with Crippen molar-refractivity contribution in [1.29, 1.82) is 0 Å². The summed E-state index contributed by atoms with van der Waals surface area (Å²) in [4.78, 5) is 0. The van der Waals surface area contributed by atoms with E-state index in [2.05, 4.69) is 27.0 Å². The molecule has 0 radical (unpaired) electrons. The molecular weight excluding hydrogens is 228 g/mol. The number of halogens is 4. The van der Waals surface area contributed by atoms with Crippen LogP contribution in [0, 0.1) is 0 Å². The average molecular weight is 233 g/mol. The van der Waals surface area contributed by atoms with Crippen molar-refractivity contribution in [1.82, 2.24) is 0 Å². The SMILES string of the molecule is FP(F)(Cl)(Cl)Oc1ccccc1. The van der Waals surface area contributed by atoms with E-state index in [0.717, 1.165) is 0 Å². The Morgan fingerprint density at radius 1 is 1.08 bits per heavy atom. The minimum atomic E-state index is -5.91. The molecule has 0 saturated carbocycles. The van der Waals surface area contributed by atoms with Crippen LogP contribution in [0.25, 0.3) is 0 Å². The Labute approximate surface area is 78.1 Å². The zero-order chi connectivity index (χ0) is 9.27. The van der Waals surface area contributed by atoms with E-state index < -0.39 is 6.16 Å². The molecule has 0 unspecified atom stereocenters. The molecule has 0 amide bonds. The van der Waals surface area contributed by atoms with Crippen LogP contribution < -0.4 is 4.52 Å². The summed E-state index contributed by atoms with van der Waals surface area (Å²) in [6.45, 7) is 0. The van der Waals surface area contributed by atoms with Gasteiger partial charge < -0.3 is 0 Å². The molecule has 0 aromatic heterocycles. The average Bonchev–Trinajstić information content (AvgIpc) is 1.83. The summed E-state index contributed by atoms with van der Waals surface area (Å²) in [7, 11) is 0. The third-order valence-corrected chi connectivity index (χ3v) is 1.89. The minimum absolute atomic E-state index is 0.0369. The van der Waals surface area contributed by atoms with Gasteiger partial charge in [-0.2, -0.15) is 0 Å². The van der Waals surface area contributed by atoms with Gasteiger partial charge in [0, 0.05) is 0 Å². The quantitative estimate of drug-likeness (QED) is 0.677. The van der Waals surface area contributed by atoms with E-state index >= 15 is 0 Å². The van der Waals surface area contributed by atoms with Crippen molar-refractivity contribution < 1.29 is 12.9 Å². The van der Waals surface area contributed by atoms with Crippen molar-refractivity contribution in [2.75, 3.05) is 0 Å². The van der Waals surface area contributed by atoms with E-state index in [9.17, 15) is 8.39 Å². The molecule has 0 N–H and O–H groups in total. The summed E-state index contributed by atoms with van der Waals surface area (Å²) in [5.74, 6) is -0.0369. The second-order valence-electron chi connectivity index (χ2n) is 2.06. The van der Waals surface area contributed by atoms with Crippen LogP contribution in [0.3, 0.4) is 0 Å². The van der Waals surface area contributed by atoms with Crippen molar-refractivity contribution in [2.24, 2.45) is 0 Å². The van der Waals surface area contributed by atoms with Crippen LogP contribution in [-0.4, -0.2) is 0 Å². The fraction of sp³-hybridized carbons (Fsp3) is 0. The van der Waals surface area contributed by atoms with E-state index in [1.54, 1.807) is 18.2 Å². The van der Waals surface area contributed by atoms with Gasteiger partial charge in [0.15, 0.2) is 0 Å². The normalized spacial score (nSPS) is 14.8. The predicted molar refractivity (Wildman–Crippen MR) is 47.9 cm³/mol. The van der Waals surface area contributed by atoms with Crippen molar-refractivity contribution in [3.8, 4) is 5.75 Å². The van der Waals surface area contributed by atoms with Crippen LogP contribution in [0.5, 0.6) is 5.75 Å². The van der Waals surface area contributed by atoms with E-state index in [0.29, 0.717) is 0 Å². The third kappa shape index (κ3) is 4.05. The molecule has 0 spiro atoms. The summed E-state index contributed by atoms with van der Waals surface area (Å²) < 4.78 is 29.2. The van der Waals surface area contributed by atoms with Crippen molar-refractivity contribution in [3.05, 3.63) is 30.3 Å². The molecule has 1 rings (SSSR count). The summed E-state index contributed by atoms with van der Waals surface area (Å²) >= 11 is 9.33. The first-order chi connectivity index (χ1) is 5.33. The molecule has 1 nitrogen and oxygen atoms in total. The molecule has 0 fully saturated rings. The number of benzene rings is 1. The van der Waals surface area contributed by atoms with Gasteiger partial charge in [-0.1, -0.05) is 0 Å². The van der Waals surface area contributed by atoms with Crippen LogP contribution in [0.4, 0.5) is 8.39 Å². The Kier molecular flexibility index (Phi) is 2.48. The number of hydrogen-bond acceptors (Lipinski definition) is 1. The topological polar surface area (TPSA) is 9.23 Å². The Balaban J connectivity index is 2.79. The van der Waals surface area contributed by atoms with Gasteiger partial charge in [0.1, 0.15) is 0 Å². The Morgan fingerprint density at radius 3 is 2.00 bits per heavy atom. The van der Waals surface area contributed by atoms with Crippen LogP contribution in [0.15, 0.2) is 30.3 Å². The standard InChI is InChI=1S/C6H5Cl2F2OP/c7-12(8,9,10)11-6-4-2-1-3-5-6/h1-5H. The first-order valence-electron chi connectivity index (χ1n) is 2.97. The molecule has 6 heteroatoms. The van der Waals surface area contributed by atoms with Crippen LogP contribution in [0.2, 0.25) is 0 Å². The van der Waals surface area contributed by atoms with Crippen LogP contribution in [-0.2, 0) is 0 Å². The van der Waals surface area contributed by atoms with Gasteiger partial charge in [-0.05, 0) is 0 Å². The zero-order valence-corrected chi connectivity index (χ0v) is 8.16. The first-order valence-corrected chi connectivity index (χ1v) is 6.72. The van der Waals surface area contributed by atoms with E-state index in [1.165, 1.54) is 12.1 Å². The Hall–Kier alpha value is -0.110. The summed E-state index contributed by atoms with van der Waals surface area (Å²) in [6.07, 6.45) is -5.91. The van der Waals surface area contributed by atoms with Gasteiger partial charge in [0.05, 0.1) is 0 Å². The maximum absolute atomic E-state index is 12.5. The van der Waals surface area contributed by atoms with Gasteiger partial charge in [-0.25, -0.2) is 0 Å². The summed E-state index contributed by atoms with van der Waals surface area (Å²) in [5.41, 5.74) is 0. The molecule has 0 bridgehead atoms. The molecule has 0 saturated heterocycles. The number of hydrogen-bond donors (Lipinski definition) is 0. The van der Waals surface area contributed by atoms with Crippen LogP contribution in [0.1, 0.15) is 0 Å². The molecule has 0 heterocycles. The van der Waals surface area contributed by atoms with E-state index in [1.807, 2.05) is 0 Å². The molecule has 0 atom stereocenters. The van der Waals surface area contributed by atoms with E-state index in [4.69, 9.17) is 0 Å². The Morgan fingerprint density at radius 2 is 1.58 bits per heavy atom. The number of para-hydroxylation sites is 1. The van der Waals surface area contributed by atoms with Crippen molar-refractivity contribution in [3.63, 3.8) is 0 Å². The second-order valence-corrected chi connectivity index (χ2v) is 7.46. The van der Waals surface area contributed by atoms with Gasteiger partial charge in [0.25, 0.3) is 0 Å². The van der Waals surface area contributed by atoms with Gasteiger partial charge >= 0.3 is 77.6 Å². The molecule has 68 valence electrons. The fourth-order valence-corrected chi connectivity index (χ4v) is 1.56.